The Balaban J connectivity index is 3.01. The van der Waals surface area contributed by atoms with Crippen LogP contribution in [0.5, 0.6) is 0 Å². The van der Waals surface area contributed by atoms with Gasteiger partial charge in [-0.15, -0.1) is 0 Å². The van der Waals surface area contributed by atoms with Crippen LogP contribution in [-0.2, 0) is 0 Å². The standard InChI is InChI=1S/C11H17N3O2/c1-4-11(3,5-2)13-9-6-7-12-8-10(9)14(15)16/h6-8H,4-5H2,1-3H3,(H,12,13). The van der Waals surface area contributed by atoms with Crippen molar-refractivity contribution in [3.05, 3.63) is 28.6 Å². The molecular formula is C11H17N3O2. The lowest BCUT2D eigenvalue weighted by Gasteiger charge is -2.29. The van der Waals surface area contributed by atoms with E-state index in [9.17, 15) is 10.1 Å². The van der Waals surface area contributed by atoms with Crippen molar-refractivity contribution in [3.8, 4) is 0 Å². The molecule has 0 atom stereocenters. The first-order valence-corrected chi connectivity index (χ1v) is 5.39. The molecule has 0 radical (unpaired) electrons. The fraction of sp³-hybridized carbons (Fsp3) is 0.545. The van der Waals surface area contributed by atoms with Gasteiger partial charge in [-0.1, -0.05) is 13.8 Å². The van der Waals surface area contributed by atoms with E-state index in [4.69, 9.17) is 0 Å². The minimum Gasteiger partial charge on any atom is -0.374 e. The third-order valence-corrected chi connectivity index (χ3v) is 2.99. The van der Waals surface area contributed by atoms with Crippen molar-refractivity contribution in [3.63, 3.8) is 0 Å². The minimum atomic E-state index is -0.416. The normalized spacial score (nSPS) is 11.2. The number of nitrogens with zero attached hydrogens (tertiary/aromatic N) is 2. The van der Waals surface area contributed by atoms with Gasteiger partial charge in [0.05, 0.1) is 4.92 Å². The van der Waals surface area contributed by atoms with Gasteiger partial charge in [-0.25, -0.2) is 0 Å². The molecule has 0 fully saturated rings. The Hall–Kier alpha value is -1.65. The summed E-state index contributed by atoms with van der Waals surface area (Å²) in [4.78, 5) is 14.2. The van der Waals surface area contributed by atoms with Gasteiger partial charge in [0.1, 0.15) is 11.9 Å². The summed E-state index contributed by atoms with van der Waals surface area (Å²) in [6.45, 7) is 6.17. The van der Waals surface area contributed by atoms with E-state index in [1.165, 1.54) is 6.20 Å². The molecule has 0 unspecified atom stereocenters. The van der Waals surface area contributed by atoms with E-state index in [-0.39, 0.29) is 11.2 Å². The summed E-state index contributed by atoms with van der Waals surface area (Å²) >= 11 is 0. The van der Waals surface area contributed by atoms with Gasteiger partial charge in [-0.3, -0.25) is 15.1 Å². The van der Waals surface area contributed by atoms with Crippen LogP contribution in [0.4, 0.5) is 11.4 Å². The predicted molar refractivity (Wildman–Crippen MR) is 63.5 cm³/mol. The van der Waals surface area contributed by atoms with E-state index in [1.807, 2.05) is 0 Å². The summed E-state index contributed by atoms with van der Waals surface area (Å²) < 4.78 is 0. The van der Waals surface area contributed by atoms with Crippen LogP contribution in [0.2, 0.25) is 0 Å². The molecule has 16 heavy (non-hydrogen) atoms. The Morgan fingerprint density at radius 1 is 1.50 bits per heavy atom. The number of nitro groups is 1. The molecule has 0 aromatic carbocycles. The first kappa shape index (κ1) is 12.4. The molecule has 1 aromatic rings. The maximum atomic E-state index is 10.8. The average molecular weight is 223 g/mol. The third kappa shape index (κ3) is 2.68. The summed E-state index contributed by atoms with van der Waals surface area (Å²) in [5, 5.41) is 14.0. The summed E-state index contributed by atoms with van der Waals surface area (Å²) in [6.07, 6.45) is 4.64. The number of nitrogens with one attached hydrogen (secondary N) is 1. The van der Waals surface area contributed by atoms with Gasteiger partial charge in [0.25, 0.3) is 0 Å². The van der Waals surface area contributed by atoms with Crippen molar-refractivity contribution in [2.45, 2.75) is 39.2 Å². The largest absolute Gasteiger partial charge is 0.374 e. The molecule has 0 amide bonds. The smallest absolute Gasteiger partial charge is 0.310 e. The molecule has 5 heteroatoms. The SMILES string of the molecule is CCC(C)(CC)Nc1ccncc1[N+](=O)[O-]. The zero-order valence-electron chi connectivity index (χ0n) is 9.86. The Morgan fingerprint density at radius 2 is 2.12 bits per heavy atom. The van der Waals surface area contributed by atoms with Gasteiger partial charge in [-0.2, -0.15) is 0 Å². The highest BCUT2D eigenvalue weighted by molar-refractivity contribution is 5.60. The molecule has 88 valence electrons. The maximum Gasteiger partial charge on any atom is 0.310 e. The molecule has 0 saturated carbocycles. The highest BCUT2D eigenvalue weighted by atomic mass is 16.6. The first-order valence-electron chi connectivity index (χ1n) is 5.39. The number of anilines is 1. The van der Waals surface area contributed by atoms with Crippen molar-refractivity contribution in [2.75, 3.05) is 5.32 Å². The molecule has 0 aliphatic rings. The highest BCUT2D eigenvalue weighted by Gasteiger charge is 2.23. The fourth-order valence-corrected chi connectivity index (χ4v) is 1.39. The second-order valence-electron chi connectivity index (χ2n) is 4.04. The van der Waals surface area contributed by atoms with E-state index < -0.39 is 4.92 Å². The molecule has 0 spiro atoms. The van der Waals surface area contributed by atoms with Crippen molar-refractivity contribution in [2.24, 2.45) is 0 Å². The van der Waals surface area contributed by atoms with E-state index >= 15 is 0 Å². The fourth-order valence-electron chi connectivity index (χ4n) is 1.39. The van der Waals surface area contributed by atoms with Crippen LogP contribution < -0.4 is 5.32 Å². The molecule has 0 bridgehead atoms. The van der Waals surface area contributed by atoms with Gasteiger partial charge < -0.3 is 5.32 Å². The molecule has 1 aromatic heterocycles. The molecule has 1 heterocycles. The van der Waals surface area contributed by atoms with Crippen LogP contribution in [-0.4, -0.2) is 15.4 Å². The Labute approximate surface area is 95.0 Å². The molecule has 0 saturated heterocycles. The van der Waals surface area contributed by atoms with Crippen LogP contribution in [0.3, 0.4) is 0 Å². The molecule has 0 aliphatic carbocycles. The number of rotatable bonds is 5. The van der Waals surface area contributed by atoms with Crippen LogP contribution in [0.1, 0.15) is 33.6 Å². The summed E-state index contributed by atoms with van der Waals surface area (Å²) in [6, 6.07) is 1.64. The average Bonchev–Trinajstić information content (AvgIpc) is 2.29. The van der Waals surface area contributed by atoms with E-state index in [0.29, 0.717) is 5.69 Å². The van der Waals surface area contributed by atoms with Crippen LogP contribution >= 0.6 is 0 Å². The predicted octanol–water partition coefficient (Wildman–Crippen LogP) is 2.98. The molecule has 5 nitrogen and oxygen atoms in total. The Morgan fingerprint density at radius 3 is 2.62 bits per heavy atom. The van der Waals surface area contributed by atoms with E-state index in [2.05, 4.69) is 31.1 Å². The number of pyridine rings is 1. The lowest BCUT2D eigenvalue weighted by molar-refractivity contribution is -0.384. The van der Waals surface area contributed by atoms with Crippen LogP contribution in [0.15, 0.2) is 18.5 Å². The lowest BCUT2D eigenvalue weighted by Crippen LogP contribution is -2.33. The quantitative estimate of drug-likeness (QED) is 0.615. The van der Waals surface area contributed by atoms with Crippen LogP contribution in [0, 0.1) is 10.1 Å². The topological polar surface area (TPSA) is 68.1 Å². The zero-order chi connectivity index (χ0) is 12.2. The van der Waals surface area contributed by atoms with Gasteiger partial charge in [0.2, 0.25) is 0 Å². The first-order chi connectivity index (χ1) is 7.52. The van der Waals surface area contributed by atoms with Crippen molar-refractivity contribution < 1.29 is 4.92 Å². The summed E-state index contributed by atoms with van der Waals surface area (Å²) in [5.41, 5.74) is 0.438. The molecule has 0 aliphatic heterocycles. The molecule has 1 N–H and O–H groups in total. The lowest BCUT2D eigenvalue weighted by atomic mass is 9.95. The van der Waals surface area contributed by atoms with Crippen molar-refractivity contribution in [1.82, 2.24) is 4.98 Å². The third-order valence-electron chi connectivity index (χ3n) is 2.99. The van der Waals surface area contributed by atoms with Gasteiger partial charge in [-0.05, 0) is 25.8 Å². The van der Waals surface area contributed by atoms with Gasteiger partial charge in [0.15, 0.2) is 0 Å². The van der Waals surface area contributed by atoms with Crippen molar-refractivity contribution >= 4 is 11.4 Å². The maximum absolute atomic E-state index is 10.8. The monoisotopic (exact) mass is 223 g/mol. The second kappa shape index (κ2) is 4.92. The summed E-state index contributed by atoms with van der Waals surface area (Å²) in [7, 11) is 0. The highest BCUT2D eigenvalue weighted by Crippen LogP contribution is 2.28. The zero-order valence-corrected chi connectivity index (χ0v) is 9.86. The molecular weight excluding hydrogens is 206 g/mol. The van der Waals surface area contributed by atoms with E-state index in [0.717, 1.165) is 12.8 Å². The Bertz CT molecular complexity index is 375. The van der Waals surface area contributed by atoms with Gasteiger partial charge >= 0.3 is 5.69 Å². The number of hydrogen-bond acceptors (Lipinski definition) is 4. The van der Waals surface area contributed by atoms with Gasteiger partial charge in [0, 0.05) is 11.7 Å². The van der Waals surface area contributed by atoms with Crippen LogP contribution in [0.25, 0.3) is 0 Å². The second-order valence-corrected chi connectivity index (χ2v) is 4.04. The van der Waals surface area contributed by atoms with Crippen molar-refractivity contribution in [1.29, 1.82) is 0 Å². The number of hydrogen-bond donors (Lipinski definition) is 1. The Kier molecular flexibility index (Phi) is 3.82. The molecule has 1 rings (SSSR count). The minimum absolute atomic E-state index is 0.0237. The number of aromatic nitrogens is 1. The summed E-state index contributed by atoms with van der Waals surface area (Å²) in [5.74, 6) is 0. The van der Waals surface area contributed by atoms with E-state index in [1.54, 1.807) is 12.3 Å².